The average molecular weight is 391 g/mol. The van der Waals surface area contributed by atoms with Crippen molar-refractivity contribution in [2.24, 2.45) is 11.7 Å². The van der Waals surface area contributed by atoms with Gasteiger partial charge in [-0.25, -0.2) is 4.79 Å². The van der Waals surface area contributed by atoms with Gasteiger partial charge in [0.25, 0.3) is 5.91 Å². The smallest absolute Gasteiger partial charge is 0.374 e. The van der Waals surface area contributed by atoms with E-state index >= 15 is 0 Å². The maximum atomic E-state index is 12.2. The van der Waals surface area contributed by atoms with Crippen LogP contribution in [0.2, 0.25) is 5.02 Å². The Hall–Kier alpha value is -2.80. The average Bonchev–Trinajstić information content (AvgIpc) is 3.16. The number of rotatable bonds is 5. The van der Waals surface area contributed by atoms with Gasteiger partial charge in [-0.2, -0.15) is 0 Å². The van der Waals surface area contributed by atoms with Crippen molar-refractivity contribution in [1.82, 2.24) is 4.90 Å². The first-order chi connectivity index (χ1) is 13.0. The summed E-state index contributed by atoms with van der Waals surface area (Å²) in [6.07, 6.45) is 1.35. The maximum absolute atomic E-state index is 12.2. The highest BCUT2D eigenvalue weighted by atomic mass is 35.5. The molecule has 0 saturated carbocycles. The molecule has 8 heteroatoms. The van der Waals surface area contributed by atoms with E-state index in [-0.39, 0.29) is 24.1 Å². The minimum absolute atomic E-state index is 0.0219. The van der Waals surface area contributed by atoms with Gasteiger partial charge in [0.05, 0.1) is 10.9 Å². The molecule has 1 aromatic heterocycles. The van der Waals surface area contributed by atoms with Gasteiger partial charge >= 0.3 is 5.97 Å². The molecule has 0 bridgehead atoms. The molecule has 2 N–H and O–H groups in total. The molecule has 0 unspecified atom stereocenters. The number of primary amides is 1. The number of carbonyl (C=O) groups excluding carboxylic acids is 3. The van der Waals surface area contributed by atoms with Crippen LogP contribution in [0.3, 0.4) is 0 Å². The summed E-state index contributed by atoms with van der Waals surface area (Å²) in [5, 5.41) is 0.496. The fourth-order valence-corrected chi connectivity index (χ4v) is 3.21. The van der Waals surface area contributed by atoms with E-state index < -0.39 is 18.5 Å². The normalized spacial score (nSPS) is 16.8. The van der Waals surface area contributed by atoms with Crippen LogP contribution in [0.4, 0.5) is 0 Å². The number of benzene rings is 1. The molecule has 0 spiro atoms. The predicted molar refractivity (Wildman–Crippen MR) is 97.9 cm³/mol. The second kappa shape index (κ2) is 8.26. The summed E-state index contributed by atoms with van der Waals surface area (Å²) in [6.45, 7) is 0.340. The second-order valence-electron chi connectivity index (χ2n) is 6.30. The molecule has 0 aliphatic carbocycles. The third-order valence-electron chi connectivity index (χ3n) is 4.45. The summed E-state index contributed by atoms with van der Waals surface area (Å²) in [7, 11) is 0. The van der Waals surface area contributed by atoms with Crippen LogP contribution in [-0.2, 0) is 14.3 Å². The van der Waals surface area contributed by atoms with Crippen LogP contribution in [0.1, 0.15) is 23.4 Å². The Morgan fingerprint density at radius 1 is 1.22 bits per heavy atom. The van der Waals surface area contributed by atoms with Crippen LogP contribution in [0.25, 0.3) is 11.3 Å². The highest BCUT2D eigenvalue weighted by Gasteiger charge is 2.27. The van der Waals surface area contributed by atoms with Crippen LogP contribution in [0.15, 0.2) is 40.8 Å². The van der Waals surface area contributed by atoms with E-state index in [2.05, 4.69) is 0 Å². The van der Waals surface area contributed by atoms with Crippen LogP contribution in [0.5, 0.6) is 0 Å². The molecule has 1 saturated heterocycles. The number of nitrogens with zero attached hydrogens (tertiary/aromatic N) is 1. The van der Waals surface area contributed by atoms with Gasteiger partial charge in [0.2, 0.25) is 11.7 Å². The van der Waals surface area contributed by atoms with Crippen molar-refractivity contribution in [1.29, 1.82) is 0 Å². The number of ether oxygens (including phenoxy) is 1. The summed E-state index contributed by atoms with van der Waals surface area (Å²) in [5.74, 6) is -1.49. The lowest BCUT2D eigenvalue weighted by molar-refractivity contribution is -0.137. The topological polar surface area (TPSA) is 103 Å². The van der Waals surface area contributed by atoms with Crippen LogP contribution in [0, 0.1) is 5.92 Å². The van der Waals surface area contributed by atoms with Gasteiger partial charge in [-0.15, -0.1) is 0 Å². The zero-order valence-corrected chi connectivity index (χ0v) is 15.3. The van der Waals surface area contributed by atoms with Gasteiger partial charge in [0.15, 0.2) is 6.61 Å². The Kier molecular flexibility index (Phi) is 5.81. The molecule has 1 fully saturated rings. The van der Waals surface area contributed by atoms with Crippen molar-refractivity contribution >= 4 is 29.4 Å². The lowest BCUT2D eigenvalue weighted by Crippen LogP contribution is -2.45. The monoisotopic (exact) mass is 390 g/mol. The molecule has 1 aromatic carbocycles. The van der Waals surface area contributed by atoms with Gasteiger partial charge in [0, 0.05) is 18.7 Å². The first-order valence-corrected chi connectivity index (χ1v) is 8.92. The van der Waals surface area contributed by atoms with Gasteiger partial charge in [-0.05, 0) is 37.1 Å². The minimum atomic E-state index is -0.745. The molecule has 2 amide bonds. The van der Waals surface area contributed by atoms with E-state index in [0.717, 1.165) is 0 Å². The number of carbonyl (C=O) groups is 3. The molecule has 7 nitrogen and oxygen atoms in total. The number of hydrogen-bond donors (Lipinski definition) is 1. The molecule has 27 heavy (non-hydrogen) atoms. The van der Waals surface area contributed by atoms with Gasteiger partial charge in [-0.1, -0.05) is 23.7 Å². The number of furan rings is 1. The zero-order chi connectivity index (χ0) is 19.4. The van der Waals surface area contributed by atoms with Crippen molar-refractivity contribution in [3.05, 3.63) is 47.2 Å². The Morgan fingerprint density at radius 3 is 2.74 bits per heavy atom. The Labute approximate surface area is 161 Å². The summed E-state index contributed by atoms with van der Waals surface area (Å²) < 4.78 is 10.5. The standard InChI is InChI=1S/C19H19ClN2O5/c20-14-6-2-1-5-13(14)15-7-8-16(27-15)19(25)26-11-17(23)22-9-3-4-12(10-22)18(21)24/h1-2,5-8,12H,3-4,9-11H2,(H2,21,24)/t12-/m1/s1. The molecular formula is C19H19ClN2O5. The number of hydrogen-bond acceptors (Lipinski definition) is 5. The second-order valence-corrected chi connectivity index (χ2v) is 6.71. The number of esters is 1. The van der Waals surface area contributed by atoms with E-state index in [1.54, 1.807) is 30.3 Å². The highest BCUT2D eigenvalue weighted by Crippen LogP contribution is 2.29. The predicted octanol–water partition coefficient (Wildman–Crippen LogP) is 2.48. The number of halogens is 1. The summed E-state index contributed by atoms with van der Waals surface area (Å²) in [6, 6.07) is 10.2. The lowest BCUT2D eigenvalue weighted by Gasteiger charge is -2.30. The molecule has 3 rings (SSSR count). The maximum Gasteiger partial charge on any atom is 0.374 e. The van der Waals surface area contributed by atoms with Crippen molar-refractivity contribution in [3.63, 3.8) is 0 Å². The molecule has 0 radical (unpaired) electrons. The number of likely N-dealkylation sites (tertiary alicyclic amines) is 1. The summed E-state index contributed by atoms with van der Waals surface area (Å²) >= 11 is 6.11. The number of piperidine rings is 1. The van der Waals surface area contributed by atoms with Gasteiger partial charge < -0.3 is 19.8 Å². The van der Waals surface area contributed by atoms with E-state index in [1.807, 2.05) is 0 Å². The first-order valence-electron chi connectivity index (χ1n) is 8.54. The summed E-state index contributed by atoms with van der Waals surface area (Å²) in [4.78, 5) is 37.1. The Balaban J connectivity index is 1.57. The van der Waals surface area contributed by atoms with E-state index in [0.29, 0.717) is 35.7 Å². The number of amides is 2. The molecule has 1 aliphatic rings. The Morgan fingerprint density at radius 2 is 2.00 bits per heavy atom. The Bertz CT molecular complexity index is 863. The van der Waals surface area contributed by atoms with Gasteiger partial charge in [0.1, 0.15) is 5.76 Å². The third kappa shape index (κ3) is 4.49. The molecule has 1 atom stereocenters. The minimum Gasteiger partial charge on any atom is -0.450 e. The van der Waals surface area contributed by atoms with Crippen molar-refractivity contribution in [3.8, 4) is 11.3 Å². The largest absolute Gasteiger partial charge is 0.450 e. The van der Waals surface area contributed by atoms with E-state index in [9.17, 15) is 14.4 Å². The van der Waals surface area contributed by atoms with Crippen molar-refractivity contribution in [2.45, 2.75) is 12.8 Å². The van der Waals surface area contributed by atoms with Gasteiger partial charge in [-0.3, -0.25) is 9.59 Å². The molecule has 1 aliphatic heterocycles. The zero-order valence-electron chi connectivity index (χ0n) is 14.5. The summed E-state index contributed by atoms with van der Waals surface area (Å²) in [5.41, 5.74) is 5.96. The quantitative estimate of drug-likeness (QED) is 0.790. The van der Waals surface area contributed by atoms with Crippen molar-refractivity contribution < 1.29 is 23.5 Å². The SMILES string of the molecule is NC(=O)[C@@H]1CCCN(C(=O)COC(=O)c2ccc(-c3ccccc3Cl)o2)C1. The fraction of sp³-hybridized carbons (Fsp3) is 0.316. The van der Waals surface area contributed by atoms with E-state index in [1.165, 1.54) is 11.0 Å². The highest BCUT2D eigenvalue weighted by molar-refractivity contribution is 6.33. The van der Waals surface area contributed by atoms with Crippen LogP contribution in [-0.4, -0.2) is 42.4 Å². The molecule has 142 valence electrons. The molecule has 2 heterocycles. The van der Waals surface area contributed by atoms with Crippen LogP contribution < -0.4 is 5.73 Å². The molecular weight excluding hydrogens is 372 g/mol. The lowest BCUT2D eigenvalue weighted by atomic mass is 9.97. The first kappa shape index (κ1) is 19.0. The number of nitrogens with two attached hydrogens (primary N) is 1. The third-order valence-corrected chi connectivity index (χ3v) is 4.78. The fourth-order valence-electron chi connectivity index (χ4n) is 2.98. The van der Waals surface area contributed by atoms with Crippen LogP contribution >= 0.6 is 11.6 Å². The molecule has 2 aromatic rings. The van der Waals surface area contributed by atoms with E-state index in [4.69, 9.17) is 26.5 Å². The van der Waals surface area contributed by atoms with Crippen molar-refractivity contribution in [2.75, 3.05) is 19.7 Å².